The molecule has 2 aromatic rings. The van der Waals surface area contributed by atoms with Crippen LogP contribution in [-0.2, 0) is 6.54 Å². The van der Waals surface area contributed by atoms with Crippen molar-refractivity contribution in [2.75, 3.05) is 0 Å². The van der Waals surface area contributed by atoms with Gasteiger partial charge < -0.3 is 16.0 Å². The number of rotatable bonds is 3. The normalized spacial score (nSPS) is 17.3. The summed E-state index contributed by atoms with van der Waals surface area (Å²) in [4.78, 5) is 12.2. The molecular formula is C16H23N5. The average molecular weight is 285 g/mol. The molecule has 3 rings (SSSR count). The fourth-order valence-electron chi connectivity index (χ4n) is 2.91. The molecule has 112 valence electrons. The minimum atomic E-state index is 0.485. The van der Waals surface area contributed by atoms with Gasteiger partial charge in [-0.15, -0.1) is 0 Å². The van der Waals surface area contributed by atoms with E-state index < -0.39 is 0 Å². The van der Waals surface area contributed by atoms with Crippen LogP contribution in [0.15, 0.2) is 23.2 Å². The molecule has 1 saturated carbocycles. The Morgan fingerprint density at radius 2 is 2.19 bits per heavy atom. The first-order valence-corrected chi connectivity index (χ1v) is 7.72. The van der Waals surface area contributed by atoms with Crippen molar-refractivity contribution in [2.45, 2.75) is 51.6 Å². The molecule has 0 saturated heterocycles. The number of aryl methyl sites for hydroxylation is 1. The van der Waals surface area contributed by atoms with Gasteiger partial charge in [-0.25, -0.2) is 9.98 Å². The molecule has 1 aliphatic carbocycles. The zero-order valence-corrected chi connectivity index (χ0v) is 12.5. The second kappa shape index (κ2) is 6.16. The third kappa shape index (κ3) is 3.54. The number of benzene rings is 1. The molecule has 1 aromatic carbocycles. The van der Waals surface area contributed by atoms with Crippen molar-refractivity contribution in [1.29, 1.82) is 0 Å². The lowest BCUT2D eigenvalue weighted by Crippen LogP contribution is -2.41. The van der Waals surface area contributed by atoms with Gasteiger partial charge >= 0.3 is 0 Å². The van der Waals surface area contributed by atoms with Gasteiger partial charge in [0.25, 0.3) is 0 Å². The lowest BCUT2D eigenvalue weighted by Gasteiger charge is -2.23. The van der Waals surface area contributed by atoms with Crippen molar-refractivity contribution >= 4 is 17.0 Å². The zero-order chi connectivity index (χ0) is 14.7. The third-order valence-electron chi connectivity index (χ3n) is 4.04. The van der Waals surface area contributed by atoms with Gasteiger partial charge in [0.05, 0.1) is 11.0 Å². The number of aromatic nitrogens is 2. The van der Waals surface area contributed by atoms with Crippen molar-refractivity contribution < 1.29 is 0 Å². The second-order valence-electron chi connectivity index (χ2n) is 5.88. The summed E-state index contributed by atoms with van der Waals surface area (Å²) >= 11 is 0. The van der Waals surface area contributed by atoms with Crippen molar-refractivity contribution in [3.8, 4) is 0 Å². The molecule has 0 bridgehead atoms. The molecule has 0 radical (unpaired) electrons. The maximum Gasteiger partial charge on any atom is 0.189 e. The highest BCUT2D eigenvalue weighted by Crippen LogP contribution is 2.17. The molecule has 1 aliphatic rings. The van der Waals surface area contributed by atoms with Gasteiger partial charge in [0.2, 0.25) is 0 Å². The highest BCUT2D eigenvalue weighted by molar-refractivity contribution is 5.78. The van der Waals surface area contributed by atoms with Gasteiger partial charge in [-0.1, -0.05) is 25.3 Å². The standard InChI is InChI=1S/C16H23N5/c1-11-7-8-13-14(9-11)21-15(20-13)10-18-16(17)19-12-5-3-2-4-6-12/h7-9,12H,2-6,10H2,1H3,(H,20,21)(H3,17,18,19). The highest BCUT2D eigenvalue weighted by Gasteiger charge is 2.13. The quantitative estimate of drug-likeness (QED) is 0.599. The Bertz CT molecular complexity index is 637. The minimum absolute atomic E-state index is 0.485. The summed E-state index contributed by atoms with van der Waals surface area (Å²) in [5.41, 5.74) is 9.22. The predicted molar refractivity (Wildman–Crippen MR) is 86.2 cm³/mol. The number of aliphatic imine (C=N–C) groups is 1. The number of hydrogen-bond donors (Lipinski definition) is 3. The Hall–Kier alpha value is -2.04. The number of imidazole rings is 1. The fourth-order valence-corrected chi connectivity index (χ4v) is 2.91. The molecule has 0 aliphatic heterocycles. The van der Waals surface area contributed by atoms with E-state index in [1.54, 1.807) is 0 Å². The van der Waals surface area contributed by atoms with Gasteiger partial charge in [-0.05, 0) is 37.5 Å². The monoisotopic (exact) mass is 285 g/mol. The van der Waals surface area contributed by atoms with E-state index in [-0.39, 0.29) is 0 Å². The number of fused-ring (bicyclic) bond motifs is 1. The summed E-state index contributed by atoms with van der Waals surface area (Å²) in [6, 6.07) is 6.67. The first kappa shape index (κ1) is 13.9. The van der Waals surface area contributed by atoms with Gasteiger partial charge in [0, 0.05) is 6.04 Å². The molecule has 5 nitrogen and oxygen atoms in total. The van der Waals surface area contributed by atoms with Crippen LogP contribution in [-0.4, -0.2) is 22.0 Å². The Labute approximate surface area is 125 Å². The molecule has 0 amide bonds. The molecule has 1 fully saturated rings. The van der Waals surface area contributed by atoms with Gasteiger partial charge in [-0.2, -0.15) is 0 Å². The number of nitrogens with zero attached hydrogens (tertiary/aromatic N) is 2. The summed E-state index contributed by atoms with van der Waals surface area (Å²) < 4.78 is 0. The van der Waals surface area contributed by atoms with E-state index in [2.05, 4.69) is 39.3 Å². The number of nitrogens with one attached hydrogen (secondary N) is 2. The average Bonchev–Trinajstić information content (AvgIpc) is 2.88. The first-order chi connectivity index (χ1) is 10.2. The van der Waals surface area contributed by atoms with Crippen molar-refractivity contribution in [2.24, 2.45) is 10.7 Å². The Morgan fingerprint density at radius 1 is 1.38 bits per heavy atom. The van der Waals surface area contributed by atoms with Gasteiger partial charge in [-0.3, -0.25) is 0 Å². The summed E-state index contributed by atoms with van der Waals surface area (Å²) in [6.45, 7) is 2.56. The lowest BCUT2D eigenvalue weighted by molar-refractivity contribution is 0.412. The molecular weight excluding hydrogens is 262 g/mol. The fraction of sp³-hybridized carbons (Fsp3) is 0.500. The van der Waals surface area contributed by atoms with Gasteiger partial charge in [0.1, 0.15) is 12.4 Å². The number of H-pyrrole nitrogens is 1. The topological polar surface area (TPSA) is 79.1 Å². The summed E-state index contributed by atoms with van der Waals surface area (Å²) in [5, 5.41) is 3.32. The number of nitrogens with two attached hydrogens (primary N) is 1. The van der Waals surface area contributed by atoms with Crippen molar-refractivity contribution in [3.63, 3.8) is 0 Å². The lowest BCUT2D eigenvalue weighted by atomic mass is 9.96. The molecule has 0 unspecified atom stereocenters. The SMILES string of the molecule is Cc1ccc2nc(CN=C(N)NC3CCCCC3)[nH]c2c1. The minimum Gasteiger partial charge on any atom is -0.370 e. The molecule has 4 N–H and O–H groups in total. The van der Waals surface area contributed by atoms with E-state index in [1.165, 1.54) is 37.7 Å². The second-order valence-corrected chi connectivity index (χ2v) is 5.88. The molecule has 0 atom stereocenters. The molecule has 5 heteroatoms. The molecule has 1 heterocycles. The Kier molecular flexibility index (Phi) is 4.08. The number of hydrogen-bond acceptors (Lipinski definition) is 2. The smallest absolute Gasteiger partial charge is 0.189 e. The molecule has 1 aromatic heterocycles. The van der Waals surface area contributed by atoms with Crippen LogP contribution in [0.25, 0.3) is 11.0 Å². The van der Waals surface area contributed by atoms with E-state index in [0.29, 0.717) is 18.5 Å². The van der Waals surface area contributed by atoms with E-state index in [1.807, 2.05) is 6.07 Å². The van der Waals surface area contributed by atoms with Crippen molar-refractivity contribution in [1.82, 2.24) is 15.3 Å². The van der Waals surface area contributed by atoms with Crippen molar-refractivity contribution in [3.05, 3.63) is 29.6 Å². The van der Waals surface area contributed by atoms with Gasteiger partial charge in [0.15, 0.2) is 5.96 Å². The predicted octanol–water partition coefficient (Wildman–Crippen LogP) is 2.61. The van der Waals surface area contributed by atoms with E-state index in [0.717, 1.165) is 16.9 Å². The molecule has 21 heavy (non-hydrogen) atoms. The third-order valence-corrected chi connectivity index (χ3v) is 4.04. The zero-order valence-electron chi connectivity index (χ0n) is 12.5. The van der Waals surface area contributed by atoms with Crippen LogP contribution in [0.4, 0.5) is 0 Å². The van der Waals surface area contributed by atoms with E-state index in [4.69, 9.17) is 5.73 Å². The van der Waals surface area contributed by atoms with Crippen LogP contribution >= 0.6 is 0 Å². The maximum absolute atomic E-state index is 5.97. The maximum atomic E-state index is 5.97. The Morgan fingerprint density at radius 3 is 3.00 bits per heavy atom. The first-order valence-electron chi connectivity index (χ1n) is 7.72. The van der Waals surface area contributed by atoms with Crippen LogP contribution in [0.3, 0.4) is 0 Å². The van der Waals surface area contributed by atoms with Crippen LogP contribution < -0.4 is 11.1 Å². The largest absolute Gasteiger partial charge is 0.370 e. The van der Waals surface area contributed by atoms with E-state index in [9.17, 15) is 0 Å². The number of guanidine groups is 1. The molecule has 0 spiro atoms. The Balaban J connectivity index is 1.62. The number of aromatic amines is 1. The summed E-state index contributed by atoms with van der Waals surface area (Å²) in [6.07, 6.45) is 6.30. The van der Waals surface area contributed by atoms with Crippen LogP contribution in [0, 0.1) is 6.92 Å². The van der Waals surface area contributed by atoms with Crippen LogP contribution in [0.1, 0.15) is 43.5 Å². The van der Waals surface area contributed by atoms with Crippen LogP contribution in [0.2, 0.25) is 0 Å². The summed E-state index contributed by atoms with van der Waals surface area (Å²) in [5.74, 6) is 1.38. The highest BCUT2D eigenvalue weighted by atomic mass is 15.1. The van der Waals surface area contributed by atoms with E-state index >= 15 is 0 Å². The van der Waals surface area contributed by atoms with Crippen LogP contribution in [0.5, 0.6) is 0 Å². The summed E-state index contributed by atoms with van der Waals surface area (Å²) in [7, 11) is 0.